The Balaban J connectivity index is 0.00000208. The van der Waals surface area contributed by atoms with E-state index in [1.807, 2.05) is 12.1 Å². The first-order valence-electron chi connectivity index (χ1n) is 8.57. The lowest BCUT2D eigenvalue weighted by molar-refractivity contribution is 0.156. The number of hydrogen-bond donors (Lipinski definition) is 1. The predicted octanol–water partition coefficient (Wildman–Crippen LogP) is 3.06. The minimum atomic E-state index is -0.143. The molecule has 6 heteroatoms. The molecule has 2 aliphatic heterocycles. The molecular formula is C18H27FIN3O. The third-order valence-corrected chi connectivity index (χ3v) is 4.86. The van der Waals surface area contributed by atoms with Crippen molar-refractivity contribution in [1.29, 1.82) is 0 Å². The third-order valence-electron chi connectivity index (χ3n) is 4.86. The normalized spacial score (nSPS) is 23.6. The largest absolute Gasteiger partial charge is 0.381 e. The number of hydrogen-bond acceptors (Lipinski definition) is 2. The second-order valence-electron chi connectivity index (χ2n) is 6.55. The van der Waals surface area contributed by atoms with Gasteiger partial charge >= 0.3 is 0 Å². The molecule has 4 nitrogen and oxygen atoms in total. The van der Waals surface area contributed by atoms with Gasteiger partial charge in [0.05, 0.1) is 6.61 Å². The van der Waals surface area contributed by atoms with Crippen molar-refractivity contribution in [3.63, 3.8) is 0 Å². The number of guanidine groups is 1. The molecule has 0 aromatic heterocycles. The van der Waals surface area contributed by atoms with Crippen LogP contribution in [0.15, 0.2) is 29.3 Å². The van der Waals surface area contributed by atoms with E-state index in [2.05, 4.69) is 17.1 Å². The van der Waals surface area contributed by atoms with Gasteiger partial charge in [-0.3, -0.25) is 4.99 Å². The van der Waals surface area contributed by atoms with Crippen molar-refractivity contribution in [3.05, 3.63) is 35.6 Å². The Morgan fingerprint density at radius 1 is 1.38 bits per heavy atom. The van der Waals surface area contributed by atoms with Crippen LogP contribution in [0.4, 0.5) is 4.39 Å². The lowest BCUT2D eigenvalue weighted by Gasteiger charge is -2.25. The van der Waals surface area contributed by atoms with Crippen LogP contribution in [-0.2, 0) is 11.2 Å². The summed E-state index contributed by atoms with van der Waals surface area (Å²) in [5, 5.41) is 3.37. The SMILES string of the molecule is CCNC(=NCCc1ccccc1F)N1CCC2(CCOC2)C1.I. The fourth-order valence-electron chi connectivity index (χ4n) is 3.50. The summed E-state index contributed by atoms with van der Waals surface area (Å²) in [4.78, 5) is 7.04. The number of rotatable bonds is 4. The van der Waals surface area contributed by atoms with Gasteiger partial charge in [0.1, 0.15) is 5.82 Å². The highest BCUT2D eigenvalue weighted by atomic mass is 127. The fourth-order valence-corrected chi connectivity index (χ4v) is 3.50. The number of likely N-dealkylation sites (tertiary alicyclic amines) is 1. The van der Waals surface area contributed by atoms with Gasteiger partial charge in [-0.25, -0.2) is 4.39 Å². The Morgan fingerprint density at radius 3 is 2.92 bits per heavy atom. The van der Waals surface area contributed by atoms with Crippen molar-refractivity contribution in [2.45, 2.75) is 26.2 Å². The van der Waals surface area contributed by atoms with Gasteiger partial charge in [0.15, 0.2) is 5.96 Å². The van der Waals surface area contributed by atoms with E-state index >= 15 is 0 Å². The smallest absolute Gasteiger partial charge is 0.193 e. The highest BCUT2D eigenvalue weighted by Gasteiger charge is 2.42. The van der Waals surface area contributed by atoms with Crippen molar-refractivity contribution in [2.75, 3.05) is 39.4 Å². The zero-order valence-electron chi connectivity index (χ0n) is 14.3. The summed E-state index contributed by atoms with van der Waals surface area (Å²) in [5.41, 5.74) is 1.05. The van der Waals surface area contributed by atoms with Crippen molar-refractivity contribution >= 4 is 29.9 Å². The van der Waals surface area contributed by atoms with Crippen molar-refractivity contribution in [2.24, 2.45) is 10.4 Å². The first-order valence-corrected chi connectivity index (χ1v) is 8.57. The molecule has 1 N–H and O–H groups in total. The maximum Gasteiger partial charge on any atom is 0.193 e. The predicted molar refractivity (Wildman–Crippen MR) is 106 cm³/mol. The molecule has 0 aliphatic carbocycles. The summed E-state index contributed by atoms with van der Waals surface area (Å²) in [5.74, 6) is 0.809. The highest BCUT2D eigenvalue weighted by Crippen LogP contribution is 2.38. The van der Waals surface area contributed by atoms with E-state index in [1.54, 1.807) is 6.07 Å². The fraction of sp³-hybridized carbons (Fsp3) is 0.611. The Morgan fingerprint density at radius 2 is 2.21 bits per heavy atom. The van der Waals surface area contributed by atoms with Crippen LogP contribution in [0.25, 0.3) is 0 Å². The maximum atomic E-state index is 13.7. The number of nitrogens with zero attached hydrogens (tertiary/aromatic N) is 2. The van der Waals surface area contributed by atoms with Crippen LogP contribution in [0, 0.1) is 11.2 Å². The van der Waals surface area contributed by atoms with Crippen LogP contribution in [-0.4, -0.2) is 50.3 Å². The molecule has 0 saturated carbocycles. The van der Waals surface area contributed by atoms with Crippen LogP contribution >= 0.6 is 24.0 Å². The maximum absolute atomic E-state index is 13.7. The highest BCUT2D eigenvalue weighted by molar-refractivity contribution is 14.0. The van der Waals surface area contributed by atoms with Gasteiger partial charge in [-0.2, -0.15) is 0 Å². The monoisotopic (exact) mass is 447 g/mol. The topological polar surface area (TPSA) is 36.9 Å². The van der Waals surface area contributed by atoms with Gasteiger partial charge in [-0.05, 0) is 37.8 Å². The summed E-state index contributed by atoms with van der Waals surface area (Å²) in [6.07, 6.45) is 2.95. The lowest BCUT2D eigenvalue weighted by atomic mass is 9.87. The molecule has 1 unspecified atom stereocenters. The number of benzene rings is 1. The second-order valence-corrected chi connectivity index (χ2v) is 6.55. The van der Waals surface area contributed by atoms with E-state index in [0.29, 0.717) is 18.4 Å². The molecule has 1 aromatic carbocycles. The van der Waals surface area contributed by atoms with Crippen molar-refractivity contribution < 1.29 is 9.13 Å². The number of ether oxygens (including phenoxy) is 1. The molecule has 3 rings (SSSR count). The molecule has 1 atom stereocenters. The zero-order chi connectivity index (χ0) is 16.1. The molecule has 2 heterocycles. The minimum Gasteiger partial charge on any atom is -0.381 e. The summed E-state index contributed by atoms with van der Waals surface area (Å²) < 4.78 is 19.3. The van der Waals surface area contributed by atoms with Gasteiger partial charge in [0, 0.05) is 38.2 Å². The van der Waals surface area contributed by atoms with Crippen molar-refractivity contribution in [3.8, 4) is 0 Å². The van der Waals surface area contributed by atoms with Crippen LogP contribution in [0.1, 0.15) is 25.3 Å². The third kappa shape index (κ3) is 4.59. The van der Waals surface area contributed by atoms with Crippen LogP contribution in [0.3, 0.4) is 0 Å². The molecule has 2 saturated heterocycles. The van der Waals surface area contributed by atoms with Crippen molar-refractivity contribution in [1.82, 2.24) is 10.2 Å². The average Bonchev–Trinajstić information content (AvgIpc) is 3.19. The van der Waals surface area contributed by atoms with E-state index in [9.17, 15) is 4.39 Å². The molecule has 134 valence electrons. The average molecular weight is 447 g/mol. The Kier molecular flexibility index (Phi) is 7.28. The quantitative estimate of drug-likeness (QED) is 0.438. The van der Waals surface area contributed by atoms with E-state index in [4.69, 9.17) is 9.73 Å². The Labute approximate surface area is 160 Å². The number of halogens is 2. The van der Waals surface area contributed by atoms with Crippen LogP contribution in [0.2, 0.25) is 0 Å². The van der Waals surface area contributed by atoms with E-state index < -0.39 is 0 Å². The molecule has 1 aromatic rings. The van der Waals surface area contributed by atoms with Gasteiger partial charge in [-0.1, -0.05) is 18.2 Å². The molecule has 0 amide bonds. The molecule has 2 aliphatic rings. The van der Waals surface area contributed by atoms with Gasteiger partial charge in [0.25, 0.3) is 0 Å². The molecule has 0 bridgehead atoms. The van der Waals surface area contributed by atoms with E-state index in [1.165, 1.54) is 12.5 Å². The lowest BCUT2D eigenvalue weighted by Crippen LogP contribution is -2.41. The minimum absolute atomic E-state index is 0. The molecule has 1 spiro atoms. The van der Waals surface area contributed by atoms with Gasteiger partial charge < -0.3 is 15.0 Å². The molecule has 24 heavy (non-hydrogen) atoms. The number of nitrogens with one attached hydrogen (secondary N) is 1. The summed E-state index contributed by atoms with van der Waals surface area (Å²) >= 11 is 0. The first-order chi connectivity index (χ1) is 11.2. The summed E-state index contributed by atoms with van der Waals surface area (Å²) in [6.45, 7) is 7.32. The Hall–Kier alpha value is -0.890. The molecular weight excluding hydrogens is 420 g/mol. The first kappa shape index (κ1) is 19.4. The second kappa shape index (κ2) is 8.99. The summed E-state index contributed by atoms with van der Waals surface area (Å²) in [7, 11) is 0. The van der Waals surface area contributed by atoms with E-state index in [0.717, 1.165) is 50.8 Å². The van der Waals surface area contributed by atoms with Crippen LogP contribution in [0.5, 0.6) is 0 Å². The molecule has 0 radical (unpaired) electrons. The van der Waals surface area contributed by atoms with Crippen LogP contribution < -0.4 is 5.32 Å². The van der Waals surface area contributed by atoms with E-state index in [-0.39, 0.29) is 29.8 Å². The Bertz CT molecular complexity index is 561. The standard InChI is InChI=1S/C18H26FN3O.HI/c1-2-20-17(21-10-7-15-5-3-4-6-16(15)19)22-11-8-18(13-22)9-12-23-14-18;/h3-6H,2,7-14H2,1H3,(H,20,21);1H. The van der Waals surface area contributed by atoms with Gasteiger partial charge in [-0.15, -0.1) is 24.0 Å². The van der Waals surface area contributed by atoms with Gasteiger partial charge in [0.2, 0.25) is 0 Å². The zero-order valence-corrected chi connectivity index (χ0v) is 16.6. The molecule has 2 fully saturated rings. The number of aliphatic imine (C=N–C) groups is 1. The summed E-state index contributed by atoms with van der Waals surface area (Å²) in [6, 6.07) is 6.93.